The molecule has 3 aromatic rings. The van der Waals surface area contributed by atoms with Gasteiger partial charge in [-0.25, -0.2) is 8.78 Å². The molecule has 122 valence electrons. The van der Waals surface area contributed by atoms with Crippen LogP contribution in [0.1, 0.15) is 23.6 Å². The summed E-state index contributed by atoms with van der Waals surface area (Å²) < 4.78 is 26.4. The Kier molecular flexibility index (Phi) is 5.05. The Bertz CT molecular complexity index is 782. The summed E-state index contributed by atoms with van der Waals surface area (Å²) in [7, 11) is 0. The van der Waals surface area contributed by atoms with Crippen molar-refractivity contribution < 1.29 is 8.78 Å². The summed E-state index contributed by atoms with van der Waals surface area (Å²) in [6.07, 6.45) is 2.43. The van der Waals surface area contributed by atoms with Gasteiger partial charge in [0.05, 0.1) is 0 Å². The Balaban J connectivity index is 1.67. The van der Waals surface area contributed by atoms with Crippen molar-refractivity contribution in [2.24, 2.45) is 0 Å². The van der Waals surface area contributed by atoms with E-state index < -0.39 is 11.6 Å². The Labute approximate surface area is 141 Å². The topological polar surface area (TPSA) is 0 Å². The molecular weight excluding hydrogens is 302 g/mol. The maximum Gasteiger partial charge on any atom is 0.126 e. The second-order valence-corrected chi connectivity index (χ2v) is 6.03. The fourth-order valence-corrected chi connectivity index (χ4v) is 2.84. The van der Waals surface area contributed by atoms with Crippen molar-refractivity contribution in [3.05, 3.63) is 95.1 Å². The van der Waals surface area contributed by atoms with Gasteiger partial charge in [-0.1, -0.05) is 55.5 Å². The van der Waals surface area contributed by atoms with E-state index in [0.717, 1.165) is 24.5 Å². The average Bonchev–Trinajstić information content (AvgIpc) is 2.60. The van der Waals surface area contributed by atoms with E-state index >= 15 is 0 Å². The third-order valence-electron chi connectivity index (χ3n) is 4.27. The third-order valence-corrected chi connectivity index (χ3v) is 4.27. The van der Waals surface area contributed by atoms with Gasteiger partial charge < -0.3 is 0 Å². The van der Waals surface area contributed by atoms with E-state index in [9.17, 15) is 8.78 Å². The van der Waals surface area contributed by atoms with Gasteiger partial charge in [-0.2, -0.15) is 0 Å². The zero-order valence-corrected chi connectivity index (χ0v) is 13.7. The minimum absolute atomic E-state index is 0.518. The van der Waals surface area contributed by atoms with Crippen molar-refractivity contribution >= 4 is 0 Å². The molecule has 0 aliphatic rings. The minimum Gasteiger partial charge on any atom is -0.207 e. The first-order valence-electron chi connectivity index (χ1n) is 8.27. The Hall–Kier alpha value is -2.48. The van der Waals surface area contributed by atoms with E-state index in [4.69, 9.17) is 0 Å². The predicted molar refractivity (Wildman–Crippen MR) is 95.0 cm³/mol. The number of rotatable bonds is 5. The Morgan fingerprint density at radius 3 is 1.54 bits per heavy atom. The van der Waals surface area contributed by atoms with Crippen LogP contribution in [0.25, 0.3) is 11.1 Å². The van der Waals surface area contributed by atoms with Crippen molar-refractivity contribution in [2.45, 2.75) is 26.2 Å². The summed E-state index contributed by atoms with van der Waals surface area (Å²) in [5.74, 6) is -1.04. The van der Waals surface area contributed by atoms with Crippen LogP contribution in [-0.4, -0.2) is 0 Å². The molecule has 0 aromatic heterocycles. The maximum atomic E-state index is 13.2. The molecule has 2 heteroatoms. The largest absolute Gasteiger partial charge is 0.207 e. The molecule has 0 fully saturated rings. The van der Waals surface area contributed by atoms with Gasteiger partial charge in [0.25, 0.3) is 0 Å². The van der Waals surface area contributed by atoms with Crippen LogP contribution < -0.4 is 0 Å². The van der Waals surface area contributed by atoms with Gasteiger partial charge in [0.2, 0.25) is 0 Å². The number of hydrogen-bond acceptors (Lipinski definition) is 0. The molecule has 0 spiro atoms. The van der Waals surface area contributed by atoms with Crippen LogP contribution >= 0.6 is 0 Å². The molecule has 0 unspecified atom stereocenters. The summed E-state index contributed by atoms with van der Waals surface area (Å²) in [5, 5.41) is 0. The standard InChI is InChI=1S/C22H20F2/c1-2-16-5-9-19(10-6-16)20-11-7-17(8-12-20)3-4-18-13-21(23)15-22(24)14-18/h5-15H,2-4H2,1H3. The first-order chi connectivity index (χ1) is 11.6. The summed E-state index contributed by atoms with van der Waals surface area (Å²) >= 11 is 0. The van der Waals surface area contributed by atoms with Crippen LogP contribution in [0.2, 0.25) is 0 Å². The highest BCUT2D eigenvalue weighted by atomic mass is 19.1. The van der Waals surface area contributed by atoms with Gasteiger partial charge in [0, 0.05) is 6.07 Å². The fourth-order valence-electron chi connectivity index (χ4n) is 2.84. The van der Waals surface area contributed by atoms with E-state index in [2.05, 4.69) is 55.5 Å². The SMILES string of the molecule is CCc1ccc(-c2ccc(CCc3cc(F)cc(F)c3)cc2)cc1. The molecule has 0 aliphatic carbocycles. The quantitative estimate of drug-likeness (QED) is 0.542. The van der Waals surface area contributed by atoms with Gasteiger partial charge in [0.15, 0.2) is 0 Å². The third kappa shape index (κ3) is 4.08. The molecule has 0 saturated heterocycles. The van der Waals surface area contributed by atoms with Crippen LogP contribution in [0, 0.1) is 11.6 Å². The Morgan fingerprint density at radius 2 is 1.04 bits per heavy atom. The Morgan fingerprint density at radius 1 is 0.583 bits per heavy atom. The van der Waals surface area contributed by atoms with Gasteiger partial charge in [-0.15, -0.1) is 0 Å². The zero-order valence-electron chi connectivity index (χ0n) is 13.7. The van der Waals surface area contributed by atoms with Gasteiger partial charge in [0.1, 0.15) is 11.6 Å². The maximum absolute atomic E-state index is 13.2. The molecule has 0 heterocycles. The van der Waals surface area contributed by atoms with Gasteiger partial charge >= 0.3 is 0 Å². The molecule has 3 aromatic carbocycles. The van der Waals surface area contributed by atoms with Crippen LogP contribution in [0.15, 0.2) is 66.7 Å². The molecule has 0 bridgehead atoms. The molecule has 0 radical (unpaired) electrons. The first kappa shape index (κ1) is 16.4. The summed E-state index contributed by atoms with van der Waals surface area (Å²) in [6, 6.07) is 20.7. The molecule has 0 N–H and O–H groups in total. The van der Waals surface area contributed by atoms with Crippen molar-refractivity contribution in [2.75, 3.05) is 0 Å². The summed E-state index contributed by atoms with van der Waals surface area (Å²) in [5.41, 5.74) is 5.56. The van der Waals surface area contributed by atoms with Crippen LogP contribution in [0.3, 0.4) is 0 Å². The van der Waals surface area contributed by atoms with Crippen LogP contribution in [-0.2, 0) is 19.3 Å². The van der Waals surface area contributed by atoms with E-state index in [1.807, 2.05) is 0 Å². The lowest BCUT2D eigenvalue weighted by Gasteiger charge is -2.06. The number of aryl methyl sites for hydroxylation is 3. The van der Waals surface area contributed by atoms with E-state index in [1.165, 1.54) is 28.8 Å². The second-order valence-electron chi connectivity index (χ2n) is 6.03. The smallest absolute Gasteiger partial charge is 0.126 e. The molecule has 0 amide bonds. The van der Waals surface area contributed by atoms with Crippen LogP contribution in [0.4, 0.5) is 8.78 Å². The average molecular weight is 322 g/mol. The monoisotopic (exact) mass is 322 g/mol. The van der Waals surface area contributed by atoms with Gasteiger partial charge in [-0.3, -0.25) is 0 Å². The van der Waals surface area contributed by atoms with E-state index in [0.29, 0.717) is 12.0 Å². The molecule has 3 rings (SSSR count). The number of benzene rings is 3. The predicted octanol–water partition coefficient (Wildman–Crippen LogP) is 5.98. The van der Waals surface area contributed by atoms with Crippen LogP contribution in [0.5, 0.6) is 0 Å². The second kappa shape index (κ2) is 7.39. The lowest BCUT2D eigenvalue weighted by Crippen LogP contribution is -1.94. The van der Waals surface area contributed by atoms with Crippen molar-refractivity contribution in [3.63, 3.8) is 0 Å². The molecule has 0 atom stereocenters. The molecule has 24 heavy (non-hydrogen) atoms. The van der Waals surface area contributed by atoms with Crippen molar-refractivity contribution in [1.29, 1.82) is 0 Å². The summed E-state index contributed by atoms with van der Waals surface area (Å²) in [4.78, 5) is 0. The number of hydrogen-bond donors (Lipinski definition) is 0. The highest BCUT2D eigenvalue weighted by Gasteiger charge is 2.03. The molecule has 0 aliphatic heterocycles. The van der Waals surface area contributed by atoms with E-state index in [1.54, 1.807) is 0 Å². The lowest BCUT2D eigenvalue weighted by molar-refractivity contribution is 0.579. The van der Waals surface area contributed by atoms with Crippen molar-refractivity contribution in [3.8, 4) is 11.1 Å². The van der Waals surface area contributed by atoms with Crippen molar-refractivity contribution in [1.82, 2.24) is 0 Å². The number of halogens is 2. The zero-order chi connectivity index (χ0) is 16.9. The first-order valence-corrected chi connectivity index (χ1v) is 8.27. The fraction of sp³-hybridized carbons (Fsp3) is 0.182. The lowest BCUT2D eigenvalue weighted by atomic mass is 9.99. The summed E-state index contributed by atoms with van der Waals surface area (Å²) in [6.45, 7) is 2.15. The van der Waals surface area contributed by atoms with Gasteiger partial charge in [-0.05, 0) is 59.2 Å². The highest BCUT2D eigenvalue weighted by Crippen LogP contribution is 2.21. The minimum atomic E-state index is -0.518. The normalized spacial score (nSPS) is 10.8. The van der Waals surface area contributed by atoms with E-state index in [-0.39, 0.29) is 0 Å². The molecule has 0 saturated carbocycles. The molecule has 0 nitrogen and oxygen atoms in total. The molecular formula is C22H20F2. The highest BCUT2D eigenvalue weighted by molar-refractivity contribution is 5.64.